The fraction of sp³-hybridized carbons (Fsp3) is 0.167. The lowest BCUT2D eigenvalue weighted by Gasteiger charge is -2.02. The minimum Gasteiger partial charge on any atom is -0.434 e. The Morgan fingerprint density at radius 1 is 1.19 bits per heavy atom. The van der Waals surface area contributed by atoms with Crippen LogP contribution in [0.1, 0.15) is 13.3 Å². The smallest absolute Gasteiger partial charge is 0.322 e. The number of para-hydroxylation sites is 1. The quantitative estimate of drug-likeness (QED) is 0.337. The first-order valence-electron chi connectivity index (χ1n) is 4.78. The van der Waals surface area contributed by atoms with Crippen molar-refractivity contribution in [3.63, 3.8) is 0 Å². The molecule has 16 heavy (non-hydrogen) atoms. The second-order valence-electron chi connectivity index (χ2n) is 2.92. The third kappa shape index (κ3) is 4.41. The van der Waals surface area contributed by atoms with Gasteiger partial charge in [-0.2, -0.15) is 0 Å². The number of benzene rings is 1. The summed E-state index contributed by atoms with van der Waals surface area (Å²) in [7, 11) is 0. The van der Waals surface area contributed by atoms with Gasteiger partial charge in [0.15, 0.2) is 0 Å². The molecule has 0 bridgehead atoms. The van der Waals surface area contributed by atoms with Crippen molar-refractivity contribution in [2.45, 2.75) is 13.3 Å². The van der Waals surface area contributed by atoms with Crippen LogP contribution in [0.15, 0.2) is 42.7 Å². The van der Waals surface area contributed by atoms with Crippen molar-refractivity contribution in [3.8, 4) is 5.75 Å². The largest absolute Gasteiger partial charge is 0.434 e. The summed E-state index contributed by atoms with van der Waals surface area (Å²) in [6.07, 6.45) is 2.37. The molecule has 0 unspecified atom stereocenters. The van der Waals surface area contributed by atoms with Crippen molar-refractivity contribution in [1.29, 1.82) is 0 Å². The van der Waals surface area contributed by atoms with E-state index in [9.17, 15) is 9.59 Å². The lowest BCUT2D eigenvalue weighted by atomic mass is 10.3. The van der Waals surface area contributed by atoms with Gasteiger partial charge in [0.1, 0.15) is 12.2 Å². The van der Waals surface area contributed by atoms with Crippen molar-refractivity contribution in [1.82, 2.24) is 0 Å². The van der Waals surface area contributed by atoms with Gasteiger partial charge in [-0.05, 0) is 19.1 Å². The molecule has 1 aromatic carbocycles. The van der Waals surface area contributed by atoms with Gasteiger partial charge in [0.2, 0.25) is 0 Å². The van der Waals surface area contributed by atoms with Crippen LogP contribution in [0.25, 0.3) is 0 Å². The molecule has 0 radical (unpaired) electrons. The third-order valence-electron chi connectivity index (χ3n) is 1.60. The summed E-state index contributed by atoms with van der Waals surface area (Å²) in [4.78, 5) is 22.3. The number of hydrogen-bond acceptors (Lipinski definition) is 4. The Bertz CT molecular complexity index is 381. The number of ether oxygens (including phenoxy) is 2. The Kier molecular flexibility index (Phi) is 4.79. The SMILES string of the molecule is C/C=C\OC(=O)CC(=O)Oc1ccccc1. The van der Waals surface area contributed by atoms with E-state index >= 15 is 0 Å². The van der Waals surface area contributed by atoms with Crippen molar-refractivity contribution < 1.29 is 19.1 Å². The van der Waals surface area contributed by atoms with Gasteiger partial charge in [0.25, 0.3) is 0 Å². The number of carbonyl (C=O) groups is 2. The maximum atomic E-state index is 11.2. The highest BCUT2D eigenvalue weighted by Gasteiger charge is 2.11. The van der Waals surface area contributed by atoms with Gasteiger partial charge in [0, 0.05) is 0 Å². The standard InChI is InChI=1S/C12H12O4/c1-2-8-15-11(13)9-12(14)16-10-6-4-3-5-7-10/h2-8H,9H2,1H3/b8-2-. The first-order valence-corrected chi connectivity index (χ1v) is 4.78. The molecule has 0 amide bonds. The monoisotopic (exact) mass is 220 g/mol. The molecule has 1 aromatic rings. The second-order valence-corrected chi connectivity index (χ2v) is 2.92. The predicted molar refractivity (Wildman–Crippen MR) is 57.6 cm³/mol. The first-order chi connectivity index (χ1) is 7.72. The number of esters is 2. The van der Waals surface area contributed by atoms with Crippen molar-refractivity contribution in [2.24, 2.45) is 0 Å². The van der Waals surface area contributed by atoms with Crippen LogP contribution in [0.2, 0.25) is 0 Å². The van der Waals surface area contributed by atoms with E-state index in [1.165, 1.54) is 6.26 Å². The van der Waals surface area contributed by atoms with Gasteiger partial charge in [-0.1, -0.05) is 24.3 Å². The minimum atomic E-state index is -0.640. The summed E-state index contributed by atoms with van der Waals surface area (Å²) < 4.78 is 9.48. The number of rotatable bonds is 4. The van der Waals surface area contributed by atoms with Crippen molar-refractivity contribution in [2.75, 3.05) is 0 Å². The fourth-order valence-corrected chi connectivity index (χ4v) is 0.960. The van der Waals surface area contributed by atoms with Crippen molar-refractivity contribution >= 4 is 11.9 Å². The van der Waals surface area contributed by atoms with Crippen LogP contribution in [0, 0.1) is 0 Å². The summed E-state index contributed by atoms with van der Waals surface area (Å²) in [6.45, 7) is 1.70. The molecule has 0 spiro atoms. The zero-order valence-electron chi connectivity index (χ0n) is 8.88. The summed E-state index contributed by atoms with van der Waals surface area (Å²) >= 11 is 0. The fourth-order valence-electron chi connectivity index (χ4n) is 0.960. The van der Waals surface area contributed by atoms with Crippen LogP contribution in [-0.4, -0.2) is 11.9 Å². The van der Waals surface area contributed by atoms with Crippen LogP contribution < -0.4 is 4.74 Å². The van der Waals surface area contributed by atoms with Crippen LogP contribution in [0.3, 0.4) is 0 Å². The molecule has 0 fully saturated rings. The average Bonchev–Trinajstić information content (AvgIpc) is 2.27. The van der Waals surface area contributed by atoms with E-state index in [0.717, 1.165) is 0 Å². The van der Waals surface area contributed by atoms with Crippen LogP contribution in [-0.2, 0) is 14.3 Å². The Balaban J connectivity index is 2.39. The molecule has 0 saturated heterocycles. The van der Waals surface area contributed by atoms with E-state index in [-0.39, 0.29) is 0 Å². The topological polar surface area (TPSA) is 52.6 Å². The molecular formula is C12H12O4. The van der Waals surface area contributed by atoms with Gasteiger partial charge in [-0.25, -0.2) is 0 Å². The summed E-state index contributed by atoms with van der Waals surface area (Å²) in [5.41, 5.74) is 0. The van der Waals surface area contributed by atoms with E-state index < -0.39 is 18.4 Å². The van der Waals surface area contributed by atoms with E-state index in [4.69, 9.17) is 4.74 Å². The predicted octanol–water partition coefficient (Wildman–Crippen LogP) is 2.06. The molecule has 0 heterocycles. The Labute approximate surface area is 93.5 Å². The average molecular weight is 220 g/mol. The number of allylic oxidation sites excluding steroid dienone is 1. The molecule has 0 atom stereocenters. The second kappa shape index (κ2) is 6.40. The Hall–Kier alpha value is -2.10. The third-order valence-corrected chi connectivity index (χ3v) is 1.60. The van der Waals surface area contributed by atoms with E-state index in [1.54, 1.807) is 43.3 Å². The zero-order chi connectivity index (χ0) is 11.8. The van der Waals surface area contributed by atoms with E-state index in [2.05, 4.69) is 4.74 Å². The number of hydrogen-bond donors (Lipinski definition) is 0. The summed E-state index contributed by atoms with van der Waals surface area (Å²) in [5.74, 6) is -0.869. The van der Waals surface area contributed by atoms with Crippen LogP contribution in [0.5, 0.6) is 5.75 Å². The van der Waals surface area contributed by atoms with Gasteiger partial charge in [0.05, 0.1) is 6.26 Å². The summed E-state index contributed by atoms with van der Waals surface area (Å²) in [5, 5.41) is 0. The molecule has 4 nitrogen and oxygen atoms in total. The lowest BCUT2D eigenvalue weighted by molar-refractivity contribution is -0.146. The normalized spacial score (nSPS) is 10.1. The van der Waals surface area contributed by atoms with Gasteiger partial charge in [-0.3, -0.25) is 9.59 Å². The molecule has 1 rings (SSSR count). The number of carbonyl (C=O) groups excluding carboxylic acids is 2. The molecular weight excluding hydrogens is 208 g/mol. The molecule has 4 heteroatoms. The highest BCUT2D eigenvalue weighted by Crippen LogP contribution is 2.09. The molecule has 84 valence electrons. The molecule has 0 aliphatic rings. The van der Waals surface area contributed by atoms with Crippen LogP contribution in [0.4, 0.5) is 0 Å². The van der Waals surface area contributed by atoms with Crippen molar-refractivity contribution in [3.05, 3.63) is 42.7 Å². The van der Waals surface area contributed by atoms with E-state index in [0.29, 0.717) is 5.75 Å². The first kappa shape index (κ1) is 12.0. The van der Waals surface area contributed by atoms with Gasteiger partial charge in [-0.15, -0.1) is 0 Å². The van der Waals surface area contributed by atoms with Gasteiger partial charge >= 0.3 is 11.9 Å². The molecule has 0 aliphatic heterocycles. The maximum absolute atomic E-state index is 11.2. The Morgan fingerprint density at radius 2 is 1.88 bits per heavy atom. The molecule has 0 N–H and O–H groups in total. The van der Waals surface area contributed by atoms with E-state index in [1.807, 2.05) is 0 Å². The molecule has 0 aliphatic carbocycles. The highest BCUT2D eigenvalue weighted by molar-refractivity contribution is 5.92. The molecule has 0 saturated carbocycles. The van der Waals surface area contributed by atoms with Crippen LogP contribution >= 0.6 is 0 Å². The molecule has 0 aromatic heterocycles. The maximum Gasteiger partial charge on any atom is 0.322 e. The zero-order valence-corrected chi connectivity index (χ0v) is 8.88. The Morgan fingerprint density at radius 3 is 2.50 bits per heavy atom. The lowest BCUT2D eigenvalue weighted by Crippen LogP contribution is -2.14. The minimum absolute atomic E-state index is 0.404. The summed E-state index contributed by atoms with van der Waals surface area (Å²) in [6, 6.07) is 8.55. The highest BCUT2D eigenvalue weighted by atomic mass is 16.6. The van der Waals surface area contributed by atoms with Gasteiger partial charge < -0.3 is 9.47 Å².